The number of aldehydes is 1. The Morgan fingerprint density at radius 3 is 2.07 bits per heavy atom. The molecule has 6 rings (SSSR count). The highest BCUT2D eigenvalue weighted by molar-refractivity contribution is 5.99. The average molecular weight is 946 g/mol. The van der Waals surface area contributed by atoms with E-state index < -0.39 is 30.3 Å². The highest BCUT2D eigenvalue weighted by Gasteiger charge is 2.39. The molecule has 4 aromatic rings. The summed E-state index contributed by atoms with van der Waals surface area (Å²) in [7, 11) is 4.70. The van der Waals surface area contributed by atoms with Crippen LogP contribution in [0, 0.1) is 11.8 Å². The van der Waals surface area contributed by atoms with Gasteiger partial charge in [0.1, 0.15) is 24.2 Å². The van der Waals surface area contributed by atoms with Crippen molar-refractivity contribution >= 4 is 36.0 Å². The summed E-state index contributed by atoms with van der Waals surface area (Å²) in [6, 6.07) is 19.8. The fraction of sp³-hybridized carbons (Fsp3) is 0.491. The van der Waals surface area contributed by atoms with Crippen LogP contribution in [0.5, 0.6) is 0 Å². The number of nitrogens with zero attached hydrogens (tertiary/aromatic N) is 3. The smallest absolute Gasteiger partial charge is 0.407 e. The van der Waals surface area contributed by atoms with Crippen molar-refractivity contribution in [2.75, 3.05) is 39.7 Å². The number of carbonyl (C=O) groups excluding carboxylic acids is 5. The van der Waals surface area contributed by atoms with Gasteiger partial charge in [0.15, 0.2) is 0 Å². The summed E-state index contributed by atoms with van der Waals surface area (Å²) < 4.78 is 9.09. The molecule has 14 heteroatoms. The van der Waals surface area contributed by atoms with Crippen molar-refractivity contribution in [1.82, 2.24) is 30.4 Å². The Hall–Kier alpha value is -6.28. The summed E-state index contributed by atoms with van der Waals surface area (Å²) >= 11 is 0. The van der Waals surface area contributed by atoms with E-state index in [1.807, 2.05) is 58.2 Å². The molecule has 6 unspecified atom stereocenters. The second-order valence-electron chi connectivity index (χ2n) is 19.0. The van der Waals surface area contributed by atoms with Crippen LogP contribution in [0.15, 0.2) is 79.5 Å². The first kappa shape index (κ1) is 53.7. The molecule has 0 saturated carbocycles. The number of anilines is 1. The molecule has 2 aliphatic rings. The monoisotopic (exact) mass is 946 g/mol. The lowest BCUT2D eigenvalue weighted by molar-refractivity contribution is -0.139. The summed E-state index contributed by atoms with van der Waals surface area (Å²) in [6.45, 7) is 20.0. The zero-order chi connectivity index (χ0) is 50.4. The predicted molar refractivity (Wildman–Crippen MR) is 274 cm³/mol. The first-order valence-electron chi connectivity index (χ1n) is 24.6. The van der Waals surface area contributed by atoms with E-state index in [2.05, 4.69) is 107 Å². The number of aromatic amines is 1. The van der Waals surface area contributed by atoms with E-state index in [4.69, 9.17) is 9.72 Å². The Bertz CT molecular complexity index is 2380. The van der Waals surface area contributed by atoms with Gasteiger partial charge in [0.25, 0.3) is 0 Å². The number of amides is 4. The minimum atomic E-state index is -0.794. The van der Waals surface area contributed by atoms with Gasteiger partial charge in [-0.05, 0) is 127 Å². The van der Waals surface area contributed by atoms with Crippen LogP contribution in [-0.4, -0.2) is 103 Å². The fourth-order valence-corrected chi connectivity index (χ4v) is 9.55. The van der Waals surface area contributed by atoms with Crippen molar-refractivity contribution in [3.8, 4) is 33.5 Å². The van der Waals surface area contributed by atoms with Crippen LogP contribution in [0.25, 0.3) is 33.5 Å². The number of ether oxygens (including phenoxy) is 2. The van der Waals surface area contributed by atoms with Crippen molar-refractivity contribution in [1.29, 1.82) is 0 Å². The lowest BCUT2D eigenvalue weighted by atomic mass is 9.76. The molecule has 69 heavy (non-hydrogen) atoms. The number of likely N-dealkylation sites (tertiary alicyclic amines) is 2. The van der Waals surface area contributed by atoms with Crippen LogP contribution in [0.4, 0.5) is 15.3 Å². The third-order valence-electron chi connectivity index (χ3n) is 13.6. The molecular formula is C55H75N7O7. The lowest BCUT2D eigenvalue weighted by Crippen LogP contribution is -2.54. The fourth-order valence-electron chi connectivity index (χ4n) is 9.55. The number of alkyl carbamates (subject to hydrolysis) is 2. The summed E-state index contributed by atoms with van der Waals surface area (Å²) in [5, 5.41) is 8.18. The van der Waals surface area contributed by atoms with Crippen molar-refractivity contribution in [2.45, 2.75) is 129 Å². The van der Waals surface area contributed by atoms with Crippen LogP contribution < -0.4 is 16.0 Å². The molecule has 3 heterocycles. The van der Waals surface area contributed by atoms with E-state index in [9.17, 15) is 24.0 Å². The number of benzene rings is 3. The number of imidazole rings is 1. The highest BCUT2D eigenvalue weighted by Crippen LogP contribution is 2.45. The highest BCUT2D eigenvalue weighted by atomic mass is 16.5. The summed E-state index contributed by atoms with van der Waals surface area (Å²) in [5.74, 6) is 0.829. The van der Waals surface area contributed by atoms with E-state index in [1.165, 1.54) is 42.9 Å². The lowest BCUT2D eigenvalue weighted by Gasteiger charge is -2.30. The molecule has 4 amide bonds. The number of carbonyl (C=O) groups is 5. The third-order valence-corrected chi connectivity index (χ3v) is 13.6. The molecule has 14 nitrogen and oxygen atoms in total. The summed E-state index contributed by atoms with van der Waals surface area (Å²) in [6.07, 6.45) is 10.1. The predicted octanol–water partition coefficient (Wildman–Crippen LogP) is 10.6. The maximum absolute atomic E-state index is 13.9. The maximum Gasteiger partial charge on any atom is 0.407 e. The first-order valence-corrected chi connectivity index (χ1v) is 24.6. The topological polar surface area (TPSA) is 175 Å². The molecule has 6 atom stereocenters. The number of allylic oxidation sites excluding steroid dienone is 1. The molecule has 1 aromatic heterocycles. The van der Waals surface area contributed by atoms with Crippen molar-refractivity contribution in [3.63, 3.8) is 0 Å². The molecule has 0 aliphatic carbocycles. The van der Waals surface area contributed by atoms with Gasteiger partial charge in [-0.3, -0.25) is 14.5 Å². The standard InChI is InChI=1S/C48H62N6O4.C7H13NO3/c1-9-15-32(11-3)43-37(33-20-22-34(23-21-33)39-29-49-45(51-39)40-18-13-26-53(40)7)24-25-38(42(43)31(6)10-2)35-16-12-17-36(28-35)50-46(55)41-19-14-27-54(41)47(56)44(30(4)5)52-48(57)58-8;1-5(2)6(4-9)8-7(10)11-3/h10,12,16-17,20-25,28-32,40-41,44H,2,9,11,13-15,18-19,26-27H2,1,3-8H3,(H,49,51)(H,50,55)(H,52,57);4-6H,1-3H3,(H,8,10). The number of nitrogens with one attached hydrogen (secondary N) is 4. The van der Waals surface area contributed by atoms with Crippen LogP contribution in [0.2, 0.25) is 0 Å². The second-order valence-corrected chi connectivity index (χ2v) is 19.0. The van der Waals surface area contributed by atoms with E-state index in [-0.39, 0.29) is 29.6 Å². The summed E-state index contributed by atoms with van der Waals surface area (Å²) in [4.78, 5) is 72.8. The van der Waals surface area contributed by atoms with Gasteiger partial charge in [-0.25, -0.2) is 14.6 Å². The summed E-state index contributed by atoms with van der Waals surface area (Å²) in [5.41, 5.74) is 9.93. The molecule has 4 N–H and O–H groups in total. The van der Waals surface area contributed by atoms with E-state index in [1.54, 1.807) is 4.90 Å². The van der Waals surface area contributed by atoms with Crippen LogP contribution in [0.3, 0.4) is 0 Å². The van der Waals surface area contributed by atoms with Gasteiger partial charge >= 0.3 is 12.2 Å². The van der Waals surface area contributed by atoms with Gasteiger partial charge in [0, 0.05) is 12.2 Å². The van der Waals surface area contributed by atoms with Crippen molar-refractivity contribution in [2.24, 2.45) is 11.8 Å². The number of methoxy groups -OCH3 is 2. The zero-order valence-corrected chi connectivity index (χ0v) is 42.4. The molecule has 0 bridgehead atoms. The molecule has 3 aromatic carbocycles. The number of aromatic nitrogens is 2. The number of H-pyrrole nitrogens is 1. The Morgan fingerprint density at radius 2 is 1.49 bits per heavy atom. The van der Waals surface area contributed by atoms with Crippen LogP contribution >= 0.6 is 0 Å². The molecular weight excluding hydrogens is 871 g/mol. The Labute approximate surface area is 409 Å². The largest absolute Gasteiger partial charge is 0.453 e. The van der Waals surface area contributed by atoms with Gasteiger partial charge in [-0.2, -0.15) is 0 Å². The molecule has 372 valence electrons. The molecule has 0 spiro atoms. The molecule has 0 radical (unpaired) electrons. The van der Waals surface area contributed by atoms with Gasteiger partial charge in [-0.15, -0.1) is 6.58 Å². The second kappa shape index (κ2) is 25.4. The minimum Gasteiger partial charge on any atom is -0.453 e. The molecule has 2 saturated heterocycles. The van der Waals surface area contributed by atoms with Crippen LogP contribution in [-0.2, 0) is 23.9 Å². The Balaban J connectivity index is 0.000000718. The maximum atomic E-state index is 13.9. The van der Waals surface area contributed by atoms with E-state index in [0.717, 1.165) is 60.4 Å². The normalized spacial score (nSPS) is 17.5. The van der Waals surface area contributed by atoms with E-state index >= 15 is 0 Å². The molecule has 2 aliphatic heterocycles. The third kappa shape index (κ3) is 13.3. The van der Waals surface area contributed by atoms with Gasteiger partial charge in [0.05, 0.1) is 38.2 Å². The Kier molecular flexibility index (Phi) is 19.7. The SMILES string of the molecule is C=CC(C)c1c(-c2cccc(NC(=O)C3CCCN3C(=O)C(NC(=O)OC)C(C)C)c2)ccc(-c2ccc(-c3cnc(C4CCCN4C)[nH]3)cc2)c1C(CC)CCC.COC(=O)NC(C=O)C(C)C. The number of hydrogen-bond donors (Lipinski definition) is 4. The molecule has 2 fully saturated rings. The van der Waals surface area contributed by atoms with Crippen molar-refractivity contribution in [3.05, 3.63) is 96.5 Å². The van der Waals surface area contributed by atoms with Gasteiger partial charge in [-0.1, -0.05) is 109 Å². The Morgan fingerprint density at radius 1 is 0.841 bits per heavy atom. The van der Waals surface area contributed by atoms with Gasteiger partial charge in [0.2, 0.25) is 11.8 Å². The van der Waals surface area contributed by atoms with Gasteiger partial charge < -0.3 is 40.1 Å². The zero-order valence-electron chi connectivity index (χ0n) is 42.4. The first-order chi connectivity index (χ1) is 33.1. The average Bonchev–Trinajstić information content (AvgIpc) is 4.15. The van der Waals surface area contributed by atoms with Crippen LogP contribution in [0.1, 0.15) is 128 Å². The minimum absolute atomic E-state index is 0.0658. The van der Waals surface area contributed by atoms with E-state index in [0.29, 0.717) is 43.3 Å². The number of hydrogen-bond acceptors (Lipinski definition) is 9. The number of rotatable bonds is 18. The quantitative estimate of drug-likeness (QED) is 0.0559. The van der Waals surface area contributed by atoms with Crippen molar-refractivity contribution < 1.29 is 33.4 Å².